The van der Waals surface area contributed by atoms with Crippen LogP contribution in [-0.2, 0) is 0 Å². The zero-order valence-electron chi connectivity index (χ0n) is 11.1. The van der Waals surface area contributed by atoms with Crippen molar-refractivity contribution in [3.8, 4) is 5.75 Å². The molecule has 0 atom stereocenters. The van der Waals surface area contributed by atoms with Crippen LogP contribution in [0.15, 0.2) is 29.4 Å². The molecule has 1 N–H and O–H groups in total. The van der Waals surface area contributed by atoms with Crippen molar-refractivity contribution in [2.75, 3.05) is 0 Å². The molecule has 0 radical (unpaired) electrons. The second kappa shape index (κ2) is 5.79. The largest absolute Gasteiger partial charge is 0.490 e. The number of para-hydroxylation sites is 1. The first-order valence-electron chi connectivity index (χ1n) is 6.02. The van der Waals surface area contributed by atoms with Gasteiger partial charge in [0.25, 0.3) is 0 Å². The molecule has 1 heterocycles. The molecule has 0 bridgehead atoms. The number of aromatic amines is 1. The lowest BCUT2D eigenvalue weighted by Gasteiger charge is -2.11. The molecule has 5 nitrogen and oxygen atoms in total. The van der Waals surface area contributed by atoms with Crippen LogP contribution in [0.5, 0.6) is 5.75 Å². The zero-order valence-corrected chi connectivity index (χ0v) is 11.9. The second-order valence-corrected chi connectivity index (χ2v) is 4.72. The van der Waals surface area contributed by atoms with Gasteiger partial charge in [-0.2, -0.15) is 14.9 Å². The highest BCUT2D eigenvalue weighted by molar-refractivity contribution is 7.71. The lowest BCUT2D eigenvalue weighted by atomic mass is 10.2. The summed E-state index contributed by atoms with van der Waals surface area (Å²) in [6.07, 6.45) is 1.84. The first-order chi connectivity index (χ1) is 9.08. The quantitative estimate of drug-likeness (QED) is 0.690. The average molecular weight is 276 g/mol. The Hall–Kier alpha value is -1.95. The van der Waals surface area contributed by atoms with Gasteiger partial charge in [0.05, 0.1) is 12.3 Å². The van der Waals surface area contributed by atoms with Gasteiger partial charge in [-0.25, -0.2) is 0 Å². The van der Waals surface area contributed by atoms with E-state index in [1.165, 1.54) is 0 Å². The van der Waals surface area contributed by atoms with Crippen molar-refractivity contribution in [1.82, 2.24) is 14.9 Å². The van der Waals surface area contributed by atoms with Gasteiger partial charge in [-0.05, 0) is 45.1 Å². The third-order valence-corrected chi connectivity index (χ3v) is 2.67. The summed E-state index contributed by atoms with van der Waals surface area (Å²) in [7, 11) is 0. The third-order valence-electron chi connectivity index (χ3n) is 2.41. The number of H-pyrrole nitrogens is 1. The molecule has 100 valence electrons. The molecule has 0 spiro atoms. The van der Waals surface area contributed by atoms with Crippen molar-refractivity contribution in [3.05, 3.63) is 40.4 Å². The number of nitrogens with one attached hydrogen (secondary N) is 1. The molecule has 2 rings (SSSR count). The van der Waals surface area contributed by atoms with Crippen LogP contribution in [-0.4, -0.2) is 27.2 Å². The van der Waals surface area contributed by atoms with Gasteiger partial charge in [0.15, 0.2) is 0 Å². The van der Waals surface area contributed by atoms with Crippen LogP contribution in [0.25, 0.3) is 0 Å². The van der Waals surface area contributed by atoms with Gasteiger partial charge in [-0.1, -0.05) is 12.1 Å². The first-order valence-corrected chi connectivity index (χ1v) is 6.43. The molecule has 2 aromatic rings. The second-order valence-electron chi connectivity index (χ2n) is 4.34. The van der Waals surface area contributed by atoms with Gasteiger partial charge in [0, 0.05) is 5.56 Å². The summed E-state index contributed by atoms with van der Waals surface area (Å²) < 4.78 is 7.77. The Morgan fingerprint density at radius 1 is 1.42 bits per heavy atom. The monoisotopic (exact) mass is 276 g/mol. The average Bonchev–Trinajstić information content (AvgIpc) is 2.68. The molecule has 0 amide bonds. The van der Waals surface area contributed by atoms with Crippen LogP contribution in [0, 0.1) is 11.7 Å². The molecule has 1 aromatic carbocycles. The van der Waals surface area contributed by atoms with Crippen LogP contribution in [0.2, 0.25) is 0 Å². The Kier molecular flexibility index (Phi) is 4.11. The number of aromatic nitrogens is 3. The minimum atomic E-state index is 0.118. The SMILES string of the molecule is Cc1n[nH]c(=S)n1/N=C/c1ccccc1OC(C)C. The normalized spacial score (nSPS) is 11.4. The third kappa shape index (κ3) is 3.29. The van der Waals surface area contributed by atoms with Gasteiger partial charge in [-0.3, -0.25) is 5.10 Å². The van der Waals surface area contributed by atoms with Gasteiger partial charge < -0.3 is 4.74 Å². The smallest absolute Gasteiger partial charge is 0.216 e. The van der Waals surface area contributed by atoms with Gasteiger partial charge in [0.2, 0.25) is 4.77 Å². The number of ether oxygens (including phenoxy) is 1. The van der Waals surface area contributed by atoms with E-state index in [-0.39, 0.29) is 6.10 Å². The van der Waals surface area contributed by atoms with Crippen LogP contribution >= 0.6 is 12.2 Å². The summed E-state index contributed by atoms with van der Waals surface area (Å²) in [6, 6.07) is 7.74. The lowest BCUT2D eigenvalue weighted by molar-refractivity contribution is 0.242. The van der Waals surface area contributed by atoms with Crippen LogP contribution in [0.1, 0.15) is 25.2 Å². The molecule has 19 heavy (non-hydrogen) atoms. The van der Waals surface area contributed by atoms with Crippen molar-refractivity contribution in [1.29, 1.82) is 0 Å². The molecule has 0 fully saturated rings. The van der Waals surface area contributed by atoms with Crippen molar-refractivity contribution in [2.24, 2.45) is 5.10 Å². The fourth-order valence-electron chi connectivity index (χ4n) is 1.57. The first kappa shape index (κ1) is 13.5. The molecule has 6 heteroatoms. The lowest BCUT2D eigenvalue weighted by Crippen LogP contribution is -2.07. The van der Waals surface area contributed by atoms with Crippen LogP contribution in [0.4, 0.5) is 0 Å². The molecule has 0 aliphatic rings. The zero-order chi connectivity index (χ0) is 13.8. The summed E-state index contributed by atoms with van der Waals surface area (Å²) in [6.45, 7) is 5.81. The molecule has 1 aromatic heterocycles. The topological polar surface area (TPSA) is 55.2 Å². The summed E-state index contributed by atoms with van der Waals surface area (Å²) in [5, 5.41) is 11.0. The van der Waals surface area contributed by atoms with Crippen molar-refractivity contribution < 1.29 is 4.74 Å². The molecular formula is C13H16N4OS. The Balaban J connectivity index is 2.31. The molecule has 0 saturated heterocycles. The van der Waals surface area contributed by atoms with E-state index < -0.39 is 0 Å². The maximum atomic E-state index is 5.73. The molecule has 0 unspecified atom stereocenters. The standard InChI is InChI=1S/C13H16N4OS/c1-9(2)18-12-7-5-4-6-11(12)8-14-17-10(3)15-16-13(17)19/h4-9H,1-3H3,(H,16,19)/b14-8+. The highest BCUT2D eigenvalue weighted by atomic mass is 32.1. The fourth-order valence-corrected chi connectivity index (χ4v) is 1.80. The maximum Gasteiger partial charge on any atom is 0.216 e. The number of rotatable bonds is 4. The number of hydrogen-bond donors (Lipinski definition) is 1. The van der Waals surface area contributed by atoms with E-state index in [1.807, 2.05) is 45.0 Å². The highest BCUT2D eigenvalue weighted by Gasteiger charge is 2.03. The Morgan fingerprint density at radius 2 is 2.16 bits per heavy atom. The Bertz CT molecular complexity index is 642. The van der Waals surface area contributed by atoms with E-state index >= 15 is 0 Å². The Morgan fingerprint density at radius 3 is 2.79 bits per heavy atom. The van der Waals surface area contributed by atoms with E-state index in [2.05, 4.69) is 15.3 Å². The number of hydrogen-bond acceptors (Lipinski definition) is 4. The molecule has 0 saturated carbocycles. The van der Waals surface area contributed by atoms with Crippen molar-refractivity contribution in [2.45, 2.75) is 26.9 Å². The van der Waals surface area contributed by atoms with Crippen molar-refractivity contribution >= 4 is 18.4 Å². The summed E-state index contributed by atoms with van der Waals surface area (Å²) >= 11 is 5.09. The van der Waals surface area contributed by atoms with E-state index in [1.54, 1.807) is 10.9 Å². The van der Waals surface area contributed by atoms with Crippen LogP contribution in [0.3, 0.4) is 0 Å². The van der Waals surface area contributed by atoms with Gasteiger partial charge in [-0.15, -0.1) is 0 Å². The van der Waals surface area contributed by atoms with Crippen LogP contribution < -0.4 is 4.74 Å². The van der Waals surface area contributed by atoms with E-state index in [0.717, 1.165) is 11.3 Å². The number of nitrogens with zero attached hydrogens (tertiary/aromatic N) is 3. The Labute approximate surface area is 116 Å². The predicted octanol–water partition coefficient (Wildman–Crippen LogP) is 2.92. The van der Waals surface area contributed by atoms with Gasteiger partial charge in [0.1, 0.15) is 11.6 Å². The number of benzene rings is 1. The highest BCUT2D eigenvalue weighted by Crippen LogP contribution is 2.17. The maximum absolute atomic E-state index is 5.73. The van der Waals surface area contributed by atoms with Gasteiger partial charge >= 0.3 is 0 Å². The number of aryl methyl sites for hydroxylation is 1. The fraction of sp³-hybridized carbons (Fsp3) is 0.308. The molecular weight excluding hydrogens is 260 g/mol. The van der Waals surface area contributed by atoms with E-state index in [9.17, 15) is 0 Å². The summed E-state index contributed by atoms with van der Waals surface area (Å²) in [5.41, 5.74) is 0.902. The van der Waals surface area contributed by atoms with E-state index in [4.69, 9.17) is 17.0 Å². The van der Waals surface area contributed by atoms with Crippen molar-refractivity contribution in [3.63, 3.8) is 0 Å². The predicted molar refractivity (Wildman–Crippen MR) is 77.3 cm³/mol. The summed E-state index contributed by atoms with van der Waals surface area (Å²) in [4.78, 5) is 0. The minimum Gasteiger partial charge on any atom is -0.490 e. The van der Waals surface area contributed by atoms with E-state index in [0.29, 0.717) is 10.6 Å². The molecule has 0 aliphatic heterocycles. The molecule has 0 aliphatic carbocycles. The summed E-state index contributed by atoms with van der Waals surface area (Å²) in [5.74, 6) is 1.51. The minimum absolute atomic E-state index is 0.118.